The smallest absolute Gasteiger partial charge is 0.306 e. The average molecular weight is 827 g/mol. The maximum atomic E-state index is 12.3. The fourth-order valence-corrected chi connectivity index (χ4v) is 7.69. The summed E-state index contributed by atoms with van der Waals surface area (Å²) in [6.45, 7) is 5.35. The van der Waals surface area contributed by atoms with Gasteiger partial charge in [0.05, 0.1) is 13.2 Å². The lowest BCUT2D eigenvalue weighted by molar-refractivity contribution is -0.154. The van der Waals surface area contributed by atoms with Crippen molar-refractivity contribution in [3.05, 3.63) is 48.6 Å². The van der Waals surface area contributed by atoms with E-state index in [1.807, 2.05) is 0 Å². The van der Waals surface area contributed by atoms with Gasteiger partial charge in [-0.25, -0.2) is 0 Å². The average Bonchev–Trinajstić information content (AvgIpc) is 3.24. The van der Waals surface area contributed by atoms with Gasteiger partial charge in [-0.3, -0.25) is 4.79 Å². The SMILES string of the molecule is CCCCCCC/C=C\C/C=C\CCCCCCCCCCCCCCCCOCC(CO)OC(=O)CCCCCCCCCCC/C=C\C/C=C\CCCCCCC. The molecule has 0 rings (SSSR count). The Kier molecular flexibility index (Phi) is 51.0. The number of ether oxygens (including phenoxy) is 2. The van der Waals surface area contributed by atoms with Gasteiger partial charge in [-0.15, -0.1) is 0 Å². The van der Waals surface area contributed by atoms with Crippen LogP contribution in [0.25, 0.3) is 0 Å². The number of allylic oxidation sites excluding steroid dienone is 8. The van der Waals surface area contributed by atoms with E-state index < -0.39 is 6.10 Å². The van der Waals surface area contributed by atoms with E-state index in [2.05, 4.69) is 62.5 Å². The van der Waals surface area contributed by atoms with E-state index in [9.17, 15) is 9.90 Å². The first-order chi connectivity index (χ1) is 29.2. The summed E-state index contributed by atoms with van der Waals surface area (Å²) in [5.74, 6) is -0.202. The Hall–Kier alpha value is -1.65. The highest BCUT2D eigenvalue weighted by atomic mass is 16.6. The van der Waals surface area contributed by atoms with Crippen molar-refractivity contribution in [2.75, 3.05) is 19.8 Å². The minimum absolute atomic E-state index is 0.172. The van der Waals surface area contributed by atoms with Gasteiger partial charge < -0.3 is 14.6 Å². The van der Waals surface area contributed by atoms with Crippen LogP contribution in [0.2, 0.25) is 0 Å². The summed E-state index contributed by atoms with van der Waals surface area (Å²) in [6, 6.07) is 0. The second-order valence-electron chi connectivity index (χ2n) is 17.6. The van der Waals surface area contributed by atoms with Crippen molar-refractivity contribution in [1.29, 1.82) is 0 Å². The minimum atomic E-state index is -0.538. The maximum absolute atomic E-state index is 12.3. The maximum Gasteiger partial charge on any atom is 0.306 e. The lowest BCUT2D eigenvalue weighted by Crippen LogP contribution is -2.27. The zero-order chi connectivity index (χ0) is 42.6. The molecule has 1 unspecified atom stereocenters. The predicted octanol–water partition coefficient (Wildman–Crippen LogP) is 17.8. The zero-order valence-corrected chi connectivity index (χ0v) is 39.8. The Morgan fingerprint density at radius 3 is 1.05 bits per heavy atom. The second-order valence-corrected chi connectivity index (χ2v) is 17.6. The molecule has 0 aromatic heterocycles. The van der Waals surface area contributed by atoms with E-state index in [-0.39, 0.29) is 12.6 Å². The molecule has 0 radical (unpaired) electrons. The molecule has 1 atom stereocenters. The van der Waals surface area contributed by atoms with Crippen LogP contribution in [0.15, 0.2) is 48.6 Å². The van der Waals surface area contributed by atoms with Crippen LogP contribution in [0, 0.1) is 0 Å². The number of aliphatic hydroxyl groups is 1. The Labute approximate surface area is 369 Å². The first-order valence-electron chi connectivity index (χ1n) is 26.2. The predicted molar refractivity (Wildman–Crippen MR) is 260 cm³/mol. The number of aliphatic hydroxyl groups excluding tert-OH is 1. The molecule has 59 heavy (non-hydrogen) atoms. The van der Waals surface area contributed by atoms with Crippen LogP contribution >= 0.6 is 0 Å². The highest BCUT2D eigenvalue weighted by Gasteiger charge is 2.13. The summed E-state index contributed by atoms with van der Waals surface area (Å²) in [5.41, 5.74) is 0. The first kappa shape index (κ1) is 57.3. The van der Waals surface area contributed by atoms with Crippen LogP contribution < -0.4 is 0 Å². The molecule has 0 aliphatic carbocycles. The number of hydrogen-bond acceptors (Lipinski definition) is 4. The van der Waals surface area contributed by atoms with Crippen molar-refractivity contribution in [1.82, 2.24) is 0 Å². The van der Waals surface area contributed by atoms with Crippen LogP contribution in [-0.4, -0.2) is 37.0 Å². The molecule has 0 saturated heterocycles. The highest BCUT2D eigenvalue weighted by Crippen LogP contribution is 2.15. The molecule has 346 valence electrons. The largest absolute Gasteiger partial charge is 0.457 e. The normalized spacial score (nSPS) is 12.7. The van der Waals surface area contributed by atoms with Crippen molar-refractivity contribution in [2.45, 2.75) is 277 Å². The summed E-state index contributed by atoms with van der Waals surface area (Å²) in [5, 5.41) is 9.66. The molecule has 0 spiro atoms. The Bertz CT molecular complexity index is 920. The van der Waals surface area contributed by atoms with Gasteiger partial charge in [0.2, 0.25) is 0 Å². The molecule has 1 N–H and O–H groups in total. The molecule has 0 bridgehead atoms. The van der Waals surface area contributed by atoms with Crippen molar-refractivity contribution < 1.29 is 19.4 Å². The molecule has 0 aliphatic rings. The number of carbonyl (C=O) groups is 1. The molecule has 4 heteroatoms. The van der Waals surface area contributed by atoms with Crippen LogP contribution in [0.5, 0.6) is 0 Å². The lowest BCUT2D eigenvalue weighted by Gasteiger charge is -2.16. The van der Waals surface area contributed by atoms with E-state index in [0.29, 0.717) is 19.6 Å². The third kappa shape index (κ3) is 50.6. The van der Waals surface area contributed by atoms with Gasteiger partial charge in [0.1, 0.15) is 6.10 Å². The molecular weight excluding hydrogens is 725 g/mol. The third-order valence-electron chi connectivity index (χ3n) is 11.6. The fraction of sp³-hybridized carbons (Fsp3) is 0.836. The van der Waals surface area contributed by atoms with E-state index in [1.165, 1.54) is 218 Å². The van der Waals surface area contributed by atoms with Gasteiger partial charge in [-0.1, -0.05) is 236 Å². The number of esters is 1. The standard InChI is InChI=1S/C55H102O4/c1-3-5-7-9-11-13-15-17-19-21-23-25-26-27-28-29-31-33-35-37-39-41-43-45-47-49-51-58-53-54(52-56)59-55(57)50-48-46-44-42-40-38-36-34-32-30-24-22-20-18-16-14-12-10-8-6-4-2/h15-18,21-24,54,56H,3-14,19-20,25-53H2,1-2H3/b17-15-,18-16-,23-21-,24-22-. The molecule has 0 saturated carbocycles. The fourth-order valence-electron chi connectivity index (χ4n) is 7.69. The van der Waals surface area contributed by atoms with Gasteiger partial charge in [0.15, 0.2) is 0 Å². The summed E-state index contributed by atoms with van der Waals surface area (Å²) < 4.78 is 11.2. The number of rotatable bonds is 49. The first-order valence-corrected chi connectivity index (χ1v) is 26.2. The Balaban J connectivity index is 3.39. The van der Waals surface area contributed by atoms with Gasteiger partial charge in [0.25, 0.3) is 0 Å². The third-order valence-corrected chi connectivity index (χ3v) is 11.6. The van der Waals surface area contributed by atoms with E-state index in [4.69, 9.17) is 9.47 Å². The Morgan fingerprint density at radius 2 is 0.712 bits per heavy atom. The van der Waals surface area contributed by atoms with Crippen molar-refractivity contribution in [3.8, 4) is 0 Å². The summed E-state index contributed by atoms with van der Waals surface area (Å²) in [7, 11) is 0. The molecule has 0 amide bonds. The Morgan fingerprint density at radius 1 is 0.407 bits per heavy atom. The molecule has 0 aliphatic heterocycles. The van der Waals surface area contributed by atoms with E-state index >= 15 is 0 Å². The topological polar surface area (TPSA) is 55.8 Å². The van der Waals surface area contributed by atoms with Crippen LogP contribution in [0.4, 0.5) is 0 Å². The molecule has 0 heterocycles. The van der Waals surface area contributed by atoms with Crippen LogP contribution in [0.1, 0.15) is 271 Å². The molecule has 0 fully saturated rings. The number of hydrogen-bond donors (Lipinski definition) is 1. The quantitative estimate of drug-likeness (QED) is 0.0377. The summed E-state index contributed by atoms with van der Waals surface area (Å²) in [6.07, 6.45) is 69.2. The molecule has 0 aromatic rings. The summed E-state index contributed by atoms with van der Waals surface area (Å²) >= 11 is 0. The van der Waals surface area contributed by atoms with Crippen molar-refractivity contribution in [3.63, 3.8) is 0 Å². The highest BCUT2D eigenvalue weighted by molar-refractivity contribution is 5.69. The van der Waals surface area contributed by atoms with Crippen LogP contribution in [0.3, 0.4) is 0 Å². The van der Waals surface area contributed by atoms with Crippen molar-refractivity contribution in [2.24, 2.45) is 0 Å². The minimum Gasteiger partial charge on any atom is -0.457 e. The second kappa shape index (κ2) is 52.5. The molecule has 0 aromatic carbocycles. The number of unbranched alkanes of at least 4 members (excludes halogenated alkanes) is 33. The van der Waals surface area contributed by atoms with Gasteiger partial charge in [-0.05, 0) is 77.0 Å². The summed E-state index contributed by atoms with van der Waals surface area (Å²) in [4.78, 5) is 12.3. The van der Waals surface area contributed by atoms with Gasteiger partial charge in [-0.2, -0.15) is 0 Å². The zero-order valence-electron chi connectivity index (χ0n) is 39.8. The molecular formula is C55H102O4. The monoisotopic (exact) mass is 827 g/mol. The van der Waals surface area contributed by atoms with Crippen molar-refractivity contribution >= 4 is 5.97 Å². The molecule has 4 nitrogen and oxygen atoms in total. The van der Waals surface area contributed by atoms with E-state index in [1.54, 1.807) is 0 Å². The van der Waals surface area contributed by atoms with E-state index in [0.717, 1.165) is 32.1 Å². The van der Waals surface area contributed by atoms with Gasteiger partial charge in [0, 0.05) is 13.0 Å². The van der Waals surface area contributed by atoms with Crippen LogP contribution in [-0.2, 0) is 14.3 Å². The number of carbonyl (C=O) groups excluding carboxylic acids is 1. The lowest BCUT2D eigenvalue weighted by atomic mass is 10.0. The van der Waals surface area contributed by atoms with Gasteiger partial charge >= 0.3 is 5.97 Å².